The highest BCUT2D eigenvalue weighted by atomic mass is 32.1. The molecule has 4 aromatic carbocycles. The maximum atomic E-state index is 6.41. The van der Waals surface area contributed by atoms with Crippen LogP contribution in [0.15, 0.2) is 120 Å². The molecule has 0 fully saturated rings. The SMILES string of the molecule is CN(C)CC[C@H](Oc1cccc2ccccc12)c1cccs1.CN(C)CC[C@H](Oc1cccc2ccccc12)c1cccs1. The highest BCUT2D eigenvalue weighted by Gasteiger charge is 2.17. The molecule has 0 aliphatic heterocycles. The van der Waals surface area contributed by atoms with Crippen LogP contribution in [0, 0.1) is 0 Å². The summed E-state index contributed by atoms with van der Waals surface area (Å²) in [4.78, 5) is 6.98. The first-order valence-electron chi connectivity index (χ1n) is 15.1. The van der Waals surface area contributed by atoms with Gasteiger partial charge in [-0.05, 0) is 74.0 Å². The normalized spacial score (nSPS) is 12.7. The number of hydrogen-bond acceptors (Lipinski definition) is 6. The van der Waals surface area contributed by atoms with Crippen molar-refractivity contribution in [1.29, 1.82) is 0 Å². The van der Waals surface area contributed by atoms with Crippen LogP contribution in [0.4, 0.5) is 0 Å². The van der Waals surface area contributed by atoms with E-state index in [9.17, 15) is 0 Å². The minimum absolute atomic E-state index is 0.105. The molecule has 6 heteroatoms. The summed E-state index contributed by atoms with van der Waals surface area (Å²) in [6, 6.07) is 37.8. The van der Waals surface area contributed by atoms with Crippen LogP contribution in [0.2, 0.25) is 0 Å². The van der Waals surface area contributed by atoms with E-state index in [1.54, 1.807) is 22.7 Å². The third kappa shape index (κ3) is 8.70. The Morgan fingerprint density at radius 3 is 1.30 bits per heavy atom. The molecular weight excluding hydrogens is 581 g/mol. The van der Waals surface area contributed by atoms with Crippen molar-refractivity contribution in [2.24, 2.45) is 0 Å². The fraction of sp³-hybridized carbons (Fsp3) is 0.263. The van der Waals surface area contributed by atoms with E-state index in [4.69, 9.17) is 9.47 Å². The molecule has 0 saturated heterocycles. The van der Waals surface area contributed by atoms with Crippen molar-refractivity contribution >= 4 is 44.2 Å². The molecule has 0 radical (unpaired) electrons. The molecule has 0 bridgehead atoms. The van der Waals surface area contributed by atoms with Gasteiger partial charge in [0.15, 0.2) is 0 Å². The van der Waals surface area contributed by atoms with E-state index < -0.39 is 0 Å². The van der Waals surface area contributed by atoms with Gasteiger partial charge in [0, 0.05) is 46.5 Å². The van der Waals surface area contributed by atoms with Gasteiger partial charge in [-0.2, -0.15) is 0 Å². The molecule has 2 aromatic heterocycles. The van der Waals surface area contributed by atoms with E-state index in [1.807, 2.05) is 0 Å². The molecule has 0 amide bonds. The Kier molecular flexibility index (Phi) is 11.4. The Bertz CT molecular complexity index is 1560. The lowest BCUT2D eigenvalue weighted by Gasteiger charge is -2.21. The van der Waals surface area contributed by atoms with Crippen molar-refractivity contribution in [3.63, 3.8) is 0 Å². The van der Waals surface area contributed by atoms with Crippen LogP contribution < -0.4 is 9.47 Å². The zero-order chi connectivity index (χ0) is 30.7. The summed E-state index contributed by atoms with van der Waals surface area (Å²) >= 11 is 3.53. The predicted octanol–water partition coefficient (Wildman–Crippen LogP) is 9.95. The fourth-order valence-corrected chi connectivity index (χ4v) is 6.70. The molecule has 2 atom stereocenters. The van der Waals surface area contributed by atoms with E-state index in [2.05, 4.69) is 158 Å². The smallest absolute Gasteiger partial charge is 0.134 e. The third-order valence-electron chi connectivity index (χ3n) is 7.44. The maximum Gasteiger partial charge on any atom is 0.134 e. The number of thiophene rings is 2. The number of nitrogens with zero attached hydrogens (tertiary/aromatic N) is 2. The standard InChI is InChI=1S/2C19H21NOS/c2*1-20(2)13-12-18(19-11-6-14-22-19)21-17-10-5-8-15-7-3-4-9-16(15)17/h2*3-11,14,18H,12-13H2,1-2H3/t2*18-/m00/s1. The number of benzene rings is 4. The Hall–Kier alpha value is -3.68. The summed E-state index contributed by atoms with van der Waals surface area (Å²) in [5.41, 5.74) is 0. The molecule has 2 heterocycles. The van der Waals surface area contributed by atoms with E-state index in [0.717, 1.165) is 37.4 Å². The molecule has 44 heavy (non-hydrogen) atoms. The van der Waals surface area contributed by atoms with E-state index in [0.29, 0.717) is 0 Å². The zero-order valence-corrected chi connectivity index (χ0v) is 27.7. The van der Waals surface area contributed by atoms with Crippen molar-refractivity contribution in [2.45, 2.75) is 25.0 Å². The van der Waals surface area contributed by atoms with Gasteiger partial charge >= 0.3 is 0 Å². The molecule has 0 spiro atoms. The van der Waals surface area contributed by atoms with Crippen molar-refractivity contribution in [1.82, 2.24) is 9.80 Å². The quantitative estimate of drug-likeness (QED) is 0.136. The summed E-state index contributed by atoms with van der Waals surface area (Å²) in [5.74, 6) is 1.94. The summed E-state index contributed by atoms with van der Waals surface area (Å²) in [6.45, 7) is 2.01. The molecule has 0 unspecified atom stereocenters. The van der Waals surface area contributed by atoms with Gasteiger partial charge in [0.1, 0.15) is 23.7 Å². The first-order chi connectivity index (χ1) is 21.5. The molecular formula is C38H42N2O2S2. The molecule has 4 nitrogen and oxygen atoms in total. The fourth-order valence-electron chi connectivity index (χ4n) is 5.12. The lowest BCUT2D eigenvalue weighted by molar-refractivity contribution is 0.185. The zero-order valence-electron chi connectivity index (χ0n) is 26.1. The molecule has 6 rings (SSSR count). The Morgan fingerprint density at radius 2 is 0.909 bits per heavy atom. The lowest BCUT2D eigenvalue weighted by atomic mass is 10.1. The first-order valence-corrected chi connectivity index (χ1v) is 16.9. The monoisotopic (exact) mass is 622 g/mol. The van der Waals surface area contributed by atoms with Gasteiger partial charge in [0.2, 0.25) is 0 Å². The second-order valence-electron chi connectivity index (χ2n) is 11.4. The summed E-state index contributed by atoms with van der Waals surface area (Å²) in [5, 5.41) is 9.03. The van der Waals surface area contributed by atoms with E-state index in [-0.39, 0.29) is 12.2 Å². The number of fused-ring (bicyclic) bond motifs is 2. The largest absolute Gasteiger partial charge is 0.484 e. The summed E-state index contributed by atoms with van der Waals surface area (Å²) in [6.07, 6.45) is 2.18. The van der Waals surface area contributed by atoms with Crippen LogP contribution in [-0.4, -0.2) is 51.1 Å². The van der Waals surface area contributed by atoms with Crippen molar-refractivity contribution in [3.8, 4) is 11.5 Å². The molecule has 0 aliphatic rings. The molecule has 0 aliphatic carbocycles. The van der Waals surface area contributed by atoms with Crippen molar-refractivity contribution in [3.05, 3.63) is 130 Å². The van der Waals surface area contributed by atoms with Crippen molar-refractivity contribution in [2.75, 3.05) is 41.3 Å². The van der Waals surface area contributed by atoms with Crippen molar-refractivity contribution < 1.29 is 9.47 Å². The maximum absolute atomic E-state index is 6.41. The van der Waals surface area contributed by atoms with Crippen LogP contribution in [-0.2, 0) is 0 Å². The summed E-state index contributed by atoms with van der Waals surface area (Å²) < 4.78 is 12.8. The van der Waals surface area contributed by atoms with E-state index in [1.165, 1.54) is 31.3 Å². The molecule has 0 saturated carbocycles. The van der Waals surface area contributed by atoms with Gasteiger partial charge in [-0.25, -0.2) is 0 Å². The van der Waals surface area contributed by atoms with Crippen LogP contribution in [0.5, 0.6) is 11.5 Å². The lowest BCUT2D eigenvalue weighted by Crippen LogP contribution is -2.18. The first kappa shape index (κ1) is 31.7. The number of ether oxygens (including phenoxy) is 2. The number of rotatable bonds is 12. The van der Waals surface area contributed by atoms with Crippen LogP contribution >= 0.6 is 22.7 Å². The highest BCUT2D eigenvalue weighted by Crippen LogP contribution is 2.34. The molecule has 228 valence electrons. The topological polar surface area (TPSA) is 24.9 Å². The van der Waals surface area contributed by atoms with Crippen LogP contribution in [0.1, 0.15) is 34.8 Å². The molecule has 0 N–H and O–H groups in total. The minimum atomic E-state index is 0.105. The Morgan fingerprint density at radius 1 is 0.500 bits per heavy atom. The second-order valence-corrected chi connectivity index (χ2v) is 13.3. The van der Waals surface area contributed by atoms with Gasteiger partial charge in [-0.15, -0.1) is 22.7 Å². The third-order valence-corrected chi connectivity index (χ3v) is 9.36. The minimum Gasteiger partial charge on any atom is -0.484 e. The number of hydrogen-bond donors (Lipinski definition) is 0. The van der Waals surface area contributed by atoms with Gasteiger partial charge < -0.3 is 19.3 Å². The van der Waals surface area contributed by atoms with Gasteiger partial charge in [-0.1, -0.05) is 84.9 Å². The highest BCUT2D eigenvalue weighted by molar-refractivity contribution is 7.10. The average Bonchev–Trinajstić information content (AvgIpc) is 3.77. The predicted molar refractivity (Wildman–Crippen MR) is 190 cm³/mol. The second kappa shape index (κ2) is 15.9. The van der Waals surface area contributed by atoms with Crippen LogP contribution in [0.25, 0.3) is 21.5 Å². The van der Waals surface area contributed by atoms with Crippen LogP contribution in [0.3, 0.4) is 0 Å². The van der Waals surface area contributed by atoms with Gasteiger partial charge in [0.25, 0.3) is 0 Å². The molecule has 6 aromatic rings. The Labute approximate surface area is 270 Å². The van der Waals surface area contributed by atoms with Gasteiger partial charge in [0.05, 0.1) is 0 Å². The van der Waals surface area contributed by atoms with Gasteiger partial charge in [-0.3, -0.25) is 0 Å². The average molecular weight is 623 g/mol. The van der Waals surface area contributed by atoms with E-state index >= 15 is 0 Å². The summed E-state index contributed by atoms with van der Waals surface area (Å²) in [7, 11) is 8.40. The Balaban J connectivity index is 0.000000175.